The van der Waals surface area contributed by atoms with Crippen LogP contribution in [0.2, 0.25) is 0 Å². The molecule has 0 unspecified atom stereocenters. The van der Waals surface area contributed by atoms with E-state index in [4.69, 9.17) is 0 Å². The van der Waals surface area contributed by atoms with Gasteiger partial charge in [-0.1, -0.05) is 0 Å². The van der Waals surface area contributed by atoms with Crippen LogP contribution in [0, 0.1) is 11.6 Å². The van der Waals surface area contributed by atoms with Gasteiger partial charge in [0.05, 0.1) is 23.1 Å². The second kappa shape index (κ2) is 6.44. The number of fused-ring (bicyclic) bond motifs is 2. The average Bonchev–Trinajstić information content (AvgIpc) is 3.14. The highest BCUT2D eigenvalue weighted by atomic mass is 19.1. The first-order chi connectivity index (χ1) is 12.9. The number of amides is 2. The maximum absolute atomic E-state index is 14.0. The van der Waals surface area contributed by atoms with Crippen LogP contribution < -0.4 is 0 Å². The van der Waals surface area contributed by atoms with Crippen molar-refractivity contribution in [2.24, 2.45) is 0 Å². The fourth-order valence-corrected chi connectivity index (χ4v) is 4.36. The second-order valence-electron chi connectivity index (χ2n) is 7.10. The fraction of sp³-hybridized carbons (Fsp3) is 0.421. The number of carbonyl (C=O) groups is 2. The zero-order valence-corrected chi connectivity index (χ0v) is 15.0. The molecular weight excluding hydrogens is 354 g/mol. The number of piperidine rings is 1. The van der Waals surface area contributed by atoms with E-state index in [-0.39, 0.29) is 11.5 Å². The molecule has 6 nitrogen and oxygen atoms in total. The topological polar surface area (TPSA) is 69.3 Å². The summed E-state index contributed by atoms with van der Waals surface area (Å²) in [4.78, 5) is 35.9. The van der Waals surface area contributed by atoms with Crippen LogP contribution in [0.3, 0.4) is 0 Å². The van der Waals surface area contributed by atoms with Gasteiger partial charge in [0.25, 0.3) is 5.91 Å². The van der Waals surface area contributed by atoms with Crippen molar-refractivity contribution in [3.05, 3.63) is 53.1 Å². The lowest BCUT2D eigenvalue weighted by Gasteiger charge is -2.50. The van der Waals surface area contributed by atoms with Gasteiger partial charge in [-0.2, -0.15) is 0 Å². The summed E-state index contributed by atoms with van der Waals surface area (Å²) >= 11 is 0. The van der Waals surface area contributed by atoms with E-state index in [1.165, 1.54) is 4.90 Å². The largest absolute Gasteiger partial charge is 0.348 e. The molecule has 1 spiro atoms. The Morgan fingerprint density at radius 1 is 1.19 bits per heavy atom. The van der Waals surface area contributed by atoms with E-state index in [9.17, 15) is 18.4 Å². The van der Waals surface area contributed by atoms with Crippen LogP contribution in [0.15, 0.2) is 24.5 Å². The summed E-state index contributed by atoms with van der Waals surface area (Å²) in [5.41, 5.74) is 1.05. The van der Waals surface area contributed by atoms with E-state index in [0.29, 0.717) is 38.9 Å². The maximum Gasteiger partial charge on any atom is 0.256 e. The summed E-state index contributed by atoms with van der Waals surface area (Å²) in [6.45, 7) is 2.81. The number of halogens is 2. The maximum atomic E-state index is 14.0. The highest BCUT2D eigenvalue weighted by Gasteiger charge is 2.48. The third kappa shape index (κ3) is 2.79. The van der Waals surface area contributed by atoms with Crippen LogP contribution >= 0.6 is 0 Å². The Bertz CT molecular complexity index is 903. The molecule has 1 aromatic heterocycles. The van der Waals surface area contributed by atoms with Crippen LogP contribution in [0.1, 0.15) is 41.5 Å². The van der Waals surface area contributed by atoms with Crippen molar-refractivity contribution in [2.45, 2.75) is 31.7 Å². The number of hydrogen-bond donors (Lipinski definition) is 1. The Morgan fingerprint density at radius 3 is 2.63 bits per heavy atom. The number of nitrogens with one attached hydrogen (secondary N) is 1. The molecule has 4 rings (SSSR count). The molecule has 2 aliphatic heterocycles. The van der Waals surface area contributed by atoms with Crippen LogP contribution in [0.5, 0.6) is 0 Å². The Morgan fingerprint density at radius 2 is 1.93 bits per heavy atom. The van der Waals surface area contributed by atoms with Crippen molar-refractivity contribution in [1.82, 2.24) is 19.8 Å². The summed E-state index contributed by atoms with van der Waals surface area (Å²) in [7, 11) is 0. The number of likely N-dealkylation sites (tertiary alicyclic amines) is 1. The molecule has 2 aromatic rings. The molecule has 0 aliphatic carbocycles. The Hall–Kier alpha value is -2.77. The number of rotatable bonds is 1. The predicted octanol–water partition coefficient (Wildman–Crippen LogP) is 2.22. The Kier molecular flexibility index (Phi) is 4.20. The highest BCUT2D eigenvalue weighted by Crippen LogP contribution is 2.42. The molecule has 8 heteroatoms. The smallest absolute Gasteiger partial charge is 0.256 e. The molecule has 3 heterocycles. The monoisotopic (exact) mass is 374 g/mol. The van der Waals surface area contributed by atoms with Gasteiger partial charge in [-0.15, -0.1) is 0 Å². The number of H-pyrrole nitrogens is 1. The fourth-order valence-electron chi connectivity index (χ4n) is 4.36. The second-order valence-corrected chi connectivity index (χ2v) is 7.10. The molecule has 0 radical (unpaired) electrons. The highest BCUT2D eigenvalue weighted by molar-refractivity contribution is 5.94. The zero-order chi connectivity index (χ0) is 19.2. The van der Waals surface area contributed by atoms with Gasteiger partial charge in [0, 0.05) is 38.7 Å². The van der Waals surface area contributed by atoms with Crippen LogP contribution in [-0.2, 0) is 16.8 Å². The SMILES string of the molecule is CC(=O)N1CCc2[nH]cnc2C12CCN(C(=O)c1cc(F)ccc1F)CC2. The van der Waals surface area contributed by atoms with Crippen LogP contribution in [0.25, 0.3) is 0 Å². The first kappa shape index (κ1) is 17.6. The van der Waals surface area contributed by atoms with Gasteiger partial charge >= 0.3 is 0 Å². The number of benzene rings is 1. The van der Waals surface area contributed by atoms with Gasteiger partial charge in [0.1, 0.15) is 11.6 Å². The molecule has 0 saturated carbocycles. The lowest BCUT2D eigenvalue weighted by Crippen LogP contribution is -2.58. The van der Waals surface area contributed by atoms with Gasteiger partial charge in [-0.3, -0.25) is 9.59 Å². The molecule has 2 aliphatic rings. The zero-order valence-electron chi connectivity index (χ0n) is 15.0. The molecule has 1 saturated heterocycles. The van der Waals surface area contributed by atoms with E-state index in [1.54, 1.807) is 13.3 Å². The summed E-state index contributed by atoms with van der Waals surface area (Å²) in [5.74, 6) is -1.95. The predicted molar refractivity (Wildman–Crippen MR) is 92.9 cm³/mol. The van der Waals surface area contributed by atoms with Crippen molar-refractivity contribution >= 4 is 11.8 Å². The molecule has 1 aromatic carbocycles. The quantitative estimate of drug-likeness (QED) is 0.832. The molecular formula is C19H20F2N4O2. The lowest BCUT2D eigenvalue weighted by molar-refractivity contribution is -0.139. The summed E-state index contributed by atoms with van der Waals surface area (Å²) in [6.07, 6.45) is 3.36. The third-order valence-corrected chi connectivity index (χ3v) is 5.68. The summed E-state index contributed by atoms with van der Waals surface area (Å²) in [6, 6.07) is 2.88. The number of carbonyl (C=O) groups excluding carboxylic acids is 2. The van der Waals surface area contributed by atoms with Gasteiger partial charge < -0.3 is 14.8 Å². The molecule has 1 N–H and O–H groups in total. The van der Waals surface area contributed by atoms with Gasteiger partial charge in [-0.05, 0) is 31.0 Å². The minimum absolute atomic E-state index is 0.0281. The minimum Gasteiger partial charge on any atom is -0.348 e. The van der Waals surface area contributed by atoms with Crippen LogP contribution in [0.4, 0.5) is 8.78 Å². The van der Waals surface area contributed by atoms with Gasteiger partial charge in [-0.25, -0.2) is 13.8 Å². The van der Waals surface area contributed by atoms with E-state index in [2.05, 4.69) is 9.97 Å². The minimum atomic E-state index is -0.737. The van der Waals surface area contributed by atoms with E-state index in [0.717, 1.165) is 29.6 Å². The number of hydrogen-bond acceptors (Lipinski definition) is 3. The Labute approximate surface area is 155 Å². The lowest BCUT2D eigenvalue weighted by atomic mass is 9.78. The summed E-state index contributed by atoms with van der Waals surface area (Å²) in [5, 5.41) is 0. The number of aromatic amines is 1. The average molecular weight is 374 g/mol. The van der Waals surface area contributed by atoms with E-state index < -0.39 is 23.1 Å². The first-order valence-corrected chi connectivity index (χ1v) is 8.97. The van der Waals surface area contributed by atoms with Crippen molar-refractivity contribution < 1.29 is 18.4 Å². The van der Waals surface area contributed by atoms with Gasteiger partial charge in [0.15, 0.2) is 0 Å². The summed E-state index contributed by atoms with van der Waals surface area (Å²) < 4.78 is 27.4. The molecule has 27 heavy (non-hydrogen) atoms. The van der Waals surface area contributed by atoms with Crippen LogP contribution in [-0.4, -0.2) is 51.2 Å². The normalized spacial score (nSPS) is 18.5. The number of imidazole rings is 1. The van der Waals surface area contributed by atoms with Gasteiger partial charge in [0.2, 0.25) is 5.91 Å². The van der Waals surface area contributed by atoms with Crippen molar-refractivity contribution in [3.63, 3.8) is 0 Å². The van der Waals surface area contributed by atoms with E-state index in [1.807, 2.05) is 4.90 Å². The van der Waals surface area contributed by atoms with E-state index >= 15 is 0 Å². The number of aromatic nitrogens is 2. The molecule has 2 amide bonds. The van der Waals surface area contributed by atoms with Crippen molar-refractivity contribution in [1.29, 1.82) is 0 Å². The molecule has 0 bridgehead atoms. The molecule has 0 atom stereocenters. The standard InChI is InChI=1S/C19H20F2N4O2/c1-12(26)25-7-4-16-17(23-11-22-16)19(25)5-8-24(9-6-19)18(27)14-10-13(20)2-3-15(14)21/h2-3,10-11H,4-9H2,1H3,(H,22,23). The Balaban J connectivity index is 1.60. The third-order valence-electron chi connectivity index (χ3n) is 5.68. The number of nitrogens with zero attached hydrogens (tertiary/aromatic N) is 3. The van der Waals surface area contributed by atoms with Crippen molar-refractivity contribution in [3.8, 4) is 0 Å². The molecule has 142 valence electrons. The molecule has 1 fully saturated rings. The van der Waals surface area contributed by atoms with Crippen molar-refractivity contribution in [2.75, 3.05) is 19.6 Å². The first-order valence-electron chi connectivity index (χ1n) is 8.97.